The fourth-order valence-electron chi connectivity index (χ4n) is 0.842. The highest BCUT2D eigenvalue weighted by atomic mass is 15.3. The zero-order chi connectivity index (χ0) is 6.97. The van der Waals surface area contributed by atoms with E-state index in [0.717, 1.165) is 11.0 Å². The molecule has 1 aromatic heterocycles. The molecule has 2 N–H and O–H groups in total. The van der Waals surface area contributed by atoms with E-state index in [0.29, 0.717) is 5.69 Å². The smallest absolute Gasteiger partial charge is 0.115 e. The van der Waals surface area contributed by atoms with E-state index in [1.54, 1.807) is 18.2 Å². The highest BCUT2D eigenvalue weighted by molar-refractivity contribution is 5.76. The van der Waals surface area contributed by atoms with E-state index < -0.39 is 0 Å². The molecule has 0 spiro atoms. The Labute approximate surface area is 57.0 Å². The van der Waals surface area contributed by atoms with Crippen LogP contribution < -0.4 is 5.73 Å². The van der Waals surface area contributed by atoms with Gasteiger partial charge in [-0.3, -0.25) is 5.10 Å². The predicted molar refractivity (Wildman–Crippen MR) is 36.6 cm³/mol. The Morgan fingerprint density at radius 1 is 1.40 bits per heavy atom. The molecule has 0 saturated carbocycles. The van der Waals surface area contributed by atoms with Gasteiger partial charge in [0.1, 0.15) is 5.52 Å². The van der Waals surface area contributed by atoms with Crippen molar-refractivity contribution in [3.63, 3.8) is 0 Å². The molecule has 1 aromatic carbocycles. The summed E-state index contributed by atoms with van der Waals surface area (Å²) in [5.41, 5.74) is 9.31. The summed E-state index contributed by atoms with van der Waals surface area (Å²) in [6, 6.07) is 5.15. The first-order valence-corrected chi connectivity index (χ1v) is 2.89. The summed E-state index contributed by atoms with van der Waals surface area (Å²) >= 11 is 0. The summed E-state index contributed by atoms with van der Waals surface area (Å²) in [6.45, 7) is 0. The molecule has 1 heterocycles. The van der Waals surface area contributed by atoms with Gasteiger partial charge in [0, 0.05) is 0 Å². The molecule has 0 saturated heterocycles. The third-order valence-electron chi connectivity index (χ3n) is 1.33. The minimum atomic E-state index is 0.460. The molecule has 4 heteroatoms. The van der Waals surface area contributed by atoms with E-state index >= 15 is 0 Å². The van der Waals surface area contributed by atoms with Crippen molar-refractivity contribution in [3.8, 4) is 0 Å². The van der Waals surface area contributed by atoms with Gasteiger partial charge in [-0.2, -0.15) is 0 Å². The lowest BCUT2D eigenvalue weighted by molar-refractivity contribution is 0.959. The predicted octanol–water partition coefficient (Wildman–Crippen LogP) is 0.872. The minimum Gasteiger partial charge on any atom is -0.301 e. The molecular weight excluding hydrogens is 128 g/mol. The normalized spacial score (nSPS) is 10.4. The average molecular weight is 133 g/mol. The van der Waals surface area contributed by atoms with Gasteiger partial charge < -0.3 is 5.73 Å². The molecule has 49 valence electrons. The Bertz CT molecular complexity index is 351. The number of nitrogens with one attached hydrogen (secondary N) is 2. The van der Waals surface area contributed by atoms with Gasteiger partial charge in [-0.05, 0) is 18.2 Å². The number of nitrogens with zero attached hydrogens (tertiary/aromatic N) is 2. The SMILES string of the molecule is [NH]c1ccc2[nH]nnc2c1. The molecule has 0 aliphatic heterocycles. The van der Waals surface area contributed by atoms with Crippen LogP contribution in [0.15, 0.2) is 18.2 Å². The number of aromatic amines is 1. The van der Waals surface area contributed by atoms with Crippen LogP contribution in [0.3, 0.4) is 0 Å². The zero-order valence-electron chi connectivity index (χ0n) is 5.13. The lowest BCUT2D eigenvalue weighted by Gasteiger charge is -1.86. The van der Waals surface area contributed by atoms with Gasteiger partial charge in [0.05, 0.1) is 11.2 Å². The van der Waals surface area contributed by atoms with E-state index in [1.165, 1.54) is 0 Å². The summed E-state index contributed by atoms with van der Waals surface area (Å²) in [6.07, 6.45) is 0. The summed E-state index contributed by atoms with van der Waals surface area (Å²) in [5, 5.41) is 10.0. The number of hydrogen-bond acceptors (Lipinski definition) is 2. The Morgan fingerprint density at radius 2 is 2.30 bits per heavy atom. The number of benzene rings is 1. The van der Waals surface area contributed by atoms with Gasteiger partial charge in [0.2, 0.25) is 0 Å². The molecule has 1 radical (unpaired) electrons. The van der Waals surface area contributed by atoms with Gasteiger partial charge in [-0.25, -0.2) is 0 Å². The van der Waals surface area contributed by atoms with Crippen LogP contribution >= 0.6 is 0 Å². The van der Waals surface area contributed by atoms with E-state index in [2.05, 4.69) is 15.4 Å². The van der Waals surface area contributed by atoms with Gasteiger partial charge in [0.15, 0.2) is 0 Å². The largest absolute Gasteiger partial charge is 0.301 e. The highest BCUT2D eigenvalue weighted by Gasteiger charge is 1.94. The summed E-state index contributed by atoms with van der Waals surface area (Å²) in [4.78, 5) is 0. The molecule has 0 aliphatic carbocycles. The number of fused-ring (bicyclic) bond motifs is 1. The molecule has 0 bridgehead atoms. The van der Waals surface area contributed by atoms with Crippen molar-refractivity contribution in [3.05, 3.63) is 18.2 Å². The Kier molecular flexibility index (Phi) is 0.887. The van der Waals surface area contributed by atoms with Crippen LogP contribution in [0.1, 0.15) is 0 Å². The molecule has 2 rings (SSSR count). The number of aromatic nitrogens is 3. The Morgan fingerprint density at radius 3 is 3.20 bits per heavy atom. The molecule has 0 aliphatic rings. The van der Waals surface area contributed by atoms with Crippen molar-refractivity contribution in [2.45, 2.75) is 0 Å². The topological polar surface area (TPSA) is 65.4 Å². The van der Waals surface area contributed by atoms with Crippen molar-refractivity contribution in [1.29, 1.82) is 0 Å². The Balaban J connectivity index is 2.86. The van der Waals surface area contributed by atoms with Crippen LogP contribution in [-0.2, 0) is 0 Å². The van der Waals surface area contributed by atoms with Crippen LogP contribution in [0.25, 0.3) is 11.0 Å². The number of rotatable bonds is 0. The first-order chi connectivity index (χ1) is 4.86. The van der Waals surface area contributed by atoms with E-state index in [-0.39, 0.29) is 0 Å². The zero-order valence-corrected chi connectivity index (χ0v) is 5.13. The van der Waals surface area contributed by atoms with Gasteiger partial charge in [-0.15, -0.1) is 5.10 Å². The van der Waals surface area contributed by atoms with E-state index in [4.69, 9.17) is 5.73 Å². The van der Waals surface area contributed by atoms with Gasteiger partial charge >= 0.3 is 0 Å². The standard InChI is InChI=1S/C6H5N4/c7-4-1-2-5-6(3-4)9-10-8-5/h1-3,7H,(H,8,9,10). The maximum Gasteiger partial charge on any atom is 0.115 e. The molecule has 0 atom stereocenters. The van der Waals surface area contributed by atoms with Crippen molar-refractivity contribution in [2.24, 2.45) is 0 Å². The maximum absolute atomic E-state index is 7.23. The molecule has 4 nitrogen and oxygen atoms in total. The minimum absolute atomic E-state index is 0.460. The molecule has 0 fully saturated rings. The fraction of sp³-hybridized carbons (Fsp3) is 0. The van der Waals surface area contributed by atoms with Crippen molar-refractivity contribution < 1.29 is 0 Å². The second-order valence-electron chi connectivity index (χ2n) is 2.04. The quantitative estimate of drug-likeness (QED) is 0.579. The fourth-order valence-corrected chi connectivity index (χ4v) is 0.842. The van der Waals surface area contributed by atoms with E-state index in [9.17, 15) is 0 Å². The first kappa shape index (κ1) is 5.22. The molecule has 0 amide bonds. The Hall–Kier alpha value is -1.58. The molecular formula is C6H5N4. The number of hydrogen-bond donors (Lipinski definition) is 1. The molecule has 10 heavy (non-hydrogen) atoms. The van der Waals surface area contributed by atoms with Crippen LogP contribution in [0, 0.1) is 0 Å². The van der Waals surface area contributed by atoms with Crippen molar-refractivity contribution in [1.82, 2.24) is 21.1 Å². The number of H-pyrrole nitrogens is 1. The van der Waals surface area contributed by atoms with Crippen LogP contribution in [0.5, 0.6) is 0 Å². The summed E-state index contributed by atoms with van der Waals surface area (Å²) in [5.74, 6) is 0. The van der Waals surface area contributed by atoms with E-state index in [1.807, 2.05) is 0 Å². The third-order valence-corrected chi connectivity index (χ3v) is 1.33. The summed E-state index contributed by atoms with van der Waals surface area (Å²) < 4.78 is 0. The molecule has 0 unspecified atom stereocenters. The monoisotopic (exact) mass is 133 g/mol. The van der Waals surface area contributed by atoms with Crippen molar-refractivity contribution in [2.75, 3.05) is 0 Å². The molecule has 2 aromatic rings. The van der Waals surface area contributed by atoms with Gasteiger partial charge in [-0.1, -0.05) is 5.21 Å². The average Bonchev–Trinajstić information content (AvgIpc) is 2.33. The van der Waals surface area contributed by atoms with Crippen LogP contribution in [0.2, 0.25) is 0 Å². The van der Waals surface area contributed by atoms with Gasteiger partial charge in [0.25, 0.3) is 0 Å². The third kappa shape index (κ3) is 0.621. The maximum atomic E-state index is 7.23. The lowest BCUT2D eigenvalue weighted by Crippen LogP contribution is -1.70. The lowest BCUT2D eigenvalue weighted by atomic mass is 10.3. The van der Waals surface area contributed by atoms with Crippen molar-refractivity contribution >= 4 is 16.7 Å². The first-order valence-electron chi connectivity index (χ1n) is 2.89. The second-order valence-corrected chi connectivity index (χ2v) is 2.04. The summed E-state index contributed by atoms with van der Waals surface area (Å²) in [7, 11) is 0. The highest BCUT2D eigenvalue weighted by Crippen LogP contribution is 2.11. The van der Waals surface area contributed by atoms with Crippen LogP contribution in [0.4, 0.5) is 5.69 Å². The second kappa shape index (κ2) is 1.70. The van der Waals surface area contributed by atoms with Crippen LogP contribution in [-0.4, -0.2) is 15.4 Å².